The van der Waals surface area contributed by atoms with Crippen LogP contribution in [0.3, 0.4) is 0 Å². The Balaban J connectivity index is 0.000000219. The van der Waals surface area contributed by atoms with Crippen LogP contribution in [0.15, 0.2) is 110 Å². The van der Waals surface area contributed by atoms with Gasteiger partial charge >= 0.3 is 0 Å². The molecule has 3 aromatic heterocycles. The predicted octanol–water partition coefficient (Wildman–Crippen LogP) is 6.91. The Morgan fingerprint density at radius 2 is 1.34 bits per heavy atom. The molecule has 0 fully saturated rings. The third kappa shape index (κ3) is 6.77. The summed E-state index contributed by atoms with van der Waals surface area (Å²) in [6.45, 7) is 1.91. The van der Waals surface area contributed by atoms with E-state index < -0.39 is 0 Å². The number of methoxy groups -OCH3 is 2. The van der Waals surface area contributed by atoms with Crippen LogP contribution in [0.5, 0.6) is 17.2 Å². The van der Waals surface area contributed by atoms with E-state index in [1.165, 1.54) is 11.5 Å². The number of fused-ring (bicyclic) bond motifs is 1. The first-order chi connectivity index (χ1) is 19.6. The molecule has 207 valence electrons. The van der Waals surface area contributed by atoms with Crippen molar-refractivity contribution in [3.63, 3.8) is 0 Å². The first-order valence-electron chi connectivity index (χ1n) is 12.7. The third-order valence-corrected chi connectivity index (χ3v) is 6.42. The molecule has 0 aliphatic heterocycles. The van der Waals surface area contributed by atoms with Gasteiger partial charge in [-0.3, -0.25) is 9.97 Å². The molecule has 3 heterocycles. The van der Waals surface area contributed by atoms with Crippen molar-refractivity contribution in [2.75, 3.05) is 14.2 Å². The zero-order chi connectivity index (χ0) is 27.9. The van der Waals surface area contributed by atoms with Gasteiger partial charge in [0.1, 0.15) is 11.5 Å². The van der Waals surface area contributed by atoms with Crippen molar-refractivity contribution < 1.29 is 34.7 Å². The predicted molar refractivity (Wildman–Crippen MR) is 156 cm³/mol. The standard InChI is InChI=1S/C23H18NO2.C11H10N2O.Ir/c1-25-20-13-19(14-21(15-20)26-2)17-7-5-8-18(12-17)23-22-9-4-3-6-16(22)10-11-24-23;1-8-4-2-6-12-10(8)11-9(14)5-3-7-13-11;/h3-7,9-15H,1-2H3;2-7,14H,1H3;/q-1;;/p-1. The van der Waals surface area contributed by atoms with Crippen LogP contribution in [0.2, 0.25) is 0 Å². The number of rotatable bonds is 5. The van der Waals surface area contributed by atoms with E-state index in [0.29, 0.717) is 11.4 Å². The summed E-state index contributed by atoms with van der Waals surface area (Å²) < 4.78 is 10.8. The van der Waals surface area contributed by atoms with Crippen LogP contribution >= 0.6 is 0 Å². The van der Waals surface area contributed by atoms with Gasteiger partial charge in [-0.2, -0.15) is 0 Å². The second-order valence-corrected chi connectivity index (χ2v) is 8.99. The Bertz CT molecular complexity index is 1700. The molecule has 0 unspecified atom stereocenters. The molecule has 7 heteroatoms. The van der Waals surface area contributed by atoms with Crippen molar-refractivity contribution in [3.05, 3.63) is 121 Å². The van der Waals surface area contributed by atoms with Gasteiger partial charge in [-0.1, -0.05) is 42.1 Å². The smallest absolute Gasteiger partial charge is 0.123 e. The molecule has 0 aliphatic rings. The summed E-state index contributed by atoms with van der Waals surface area (Å²) in [5.41, 5.74) is 6.02. The normalized spacial score (nSPS) is 10.2. The van der Waals surface area contributed by atoms with E-state index >= 15 is 0 Å². The van der Waals surface area contributed by atoms with Gasteiger partial charge in [-0.15, -0.1) is 35.4 Å². The molecule has 0 N–H and O–H groups in total. The van der Waals surface area contributed by atoms with Crippen molar-refractivity contribution in [3.8, 4) is 51.0 Å². The van der Waals surface area contributed by atoms with E-state index in [0.717, 1.165) is 44.8 Å². The molecule has 0 atom stereocenters. The molecule has 0 saturated carbocycles. The topological polar surface area (TPSA) is 80.2 Å². The second-order valence-electron chi connectivity index (χ2n) is 8.99. The van der Waals surface area contributed by atoms with Crippen LogP contribution in [0.1, 0.15) is 5.56 Å². The van der Waals surface area contributed by atoms with Crippen LogP contribution in [0, 0.1) is 13.0 Å². The van der Waals surface area contributed by atoms with Crippen molar-refractivity contribution in [2.45, 2.75) is 6.92 Å². The summed E-state index contributed by atoms with van der Waals surface area (Å²) in [5.74, 6) is 1.43. The van der Waals surface area contributed by atoms with E-state index in [4.69, 9.17) is 9.47 Å². The Hall–Kier alpha value is -4.58. The molecule has 6 nitrogen and oxygen atoms in total. The summed E-state index contributed by atoms with van der Waals surface area (Å²) in [7, 11) is 3.31. The van der Waals surface area contributed by atoms with Crippen LogP contribution in [0.4, 0.5) is 0 Å². The number of benzene rings is 3. The van der Waals surface area contributed by atoms with Gasteiger partial charge in [0.2, 0.25) is 0 Å². The van der Waals surface area contributed by atoms with Gasteiger partial charge in [-0.25, -0.2) is 0 Å². The number of nitrogens with zero attached hydrogens (tertiary/aromatic N) is 3. The number of hydrogen-bond donors (Lipinski definition) is 0. The molecule has 6 aromatic rings. The largest absolute Gasteiger partial charge is 0.871 e. The zero-order valence-corrected chi connectivity index (χ0v) is 25.2. The second kappa shape index (κ2) is 13.7. The number of hydrogen-bond acceptors (Lipinski definition) is 6. The Morgan fingerprint density at radius 1 is 0.659 bits per heavy atom. The summed E-state index contributed by atoms with van der Waals surface area (Å²) in [6, 6.07) is 32.4. The molecule has 1 radical (unpaired) electrons. The van der Waals surface area contributed by atoms with Gasteiger partial charge in [-0.05, 0) is 64.8 Å². The molecule has 0 aliphatic carbocycles. The minimum atomic E-state index is -0.0886. The number of ether oxygens (including phenoxy) is 2. The van der Waals surface area contributed by atoms with Gasteiger partial charge in [0.05, 0.1) is 25.6 Å². The fraction of sp³-hybridized carbons (Fsp3) is 0.0882. The first-order valence-corrected chi connectivity index (χ1v) is 12.7. The summed E-state index contributed by atoms with van der Waals surface area (Å²) >= 11 is 0. The minimum absolute atomic E-state index is 0. The molecule has 0 saturated heterocycles. The van der Waals surface area contributed by atoms with Crippen molar-refractivity contribution in [2.24, 2.45) is 0 Å². The van der Waals surface area contributed by atoms with Gasteiger partial charge in [0, 0.05) is 44.8 Å². The van der Waals surface area contributed by atoms with E-state index in [1.54, 1.807) is 32.7 Å². The molecule has 0 bridgehead atoms. The van der Waals surface area contributed by atoms with E-state index in [2.05, 4.69) is 39.2 Å². The van der Waals surface area contributed by atoms with Crippen LogP contribution in [0.25, 0.3) is 44.5 Å². The maximum absolute atomic E-state index is 11.5. The van der Waals surface area contributed by atoms with Crippen LogP contribution in [-0.2, 0) is 20.1 Å². The van der Waals surface area contributed by atoms with Gasteiger partial charge < -0.3 is 19.6 Å². The molecule has 6 rings (SSSR count). The van der Waals surface area contributed by atoms with Crippen molar-refractivity contribution in [1.29, 1.82) is 0 Å². The maximum Gasteiger partial charge on any atom is 0.123 e. The van der Waals surface area contributed by atoms with Crippen molar-refractivity contribution in [1.82, 2.24) is 15.0 Å². The fourth-order valence-corrected chi connectivity index (χ4v) is 4.39. The molecule has 41 heavy (non-hydrogen) atoms. The number of aryl methyl sites for hydroxylation is 1. The molecule has 3 aromatic carbocycles. The number of aromatic nitrogens is 3. The summed E-state index contributed by atoms with van der Waals surface area (Å²) in [5, 5.41) is 13.8. The summed E-state index contributed by atoms with van der Waals surface area (Å²) in [4.78, 5) is 12.8. The number of pyridine rings is 3. The Kier molecular flexibility index (Phi) is 9.80. The third-order valence-electron chi connectivity index (χ3n) is 6.42. The van der Waals surface area contributed by atoms with E-state index in [-0.39, 0.29) is 25.9 Å². The Morgan fingerprint density at radius 3 is 2.05 bits per heavy atom. The van der Waals surface area contributed by atoms with Crippen LogP contribution < -0.4 is 14.6 Å². The average molecular weight is 718 g/mol. The fourth-order valence-electron chi connectivity index (χ4n) is 4.39. The van der Waals surface area contributed by atoms with E-state index in [1.807, 2.05) is 73.8 Å². The quantitative estimate of drug-likeness (QED) is 0.181. The minimum Gasteiger partial charge on any atom is -0.871 e. The van der Waals surface area contributed by atoms with Crippen LogP contribution in [-0.4, -0.2) is 29.2 Å². The van der Waals surface area contributed by atoms with Crippen molar-refractivity contribution >= 4 is 10.8 Å². The summed E-state index contributed by atoms with van der Waals surface area (Å²) in [6.07, 6.45) is 5.11. The zero-order valence-electron chi connectivity index (χ0n) is 22.8. The molecular weight excluding hydrogens is 691 g/mol. The molecular formula is C34H27IrN3O3-2. The maximum atomic E-state index is 11.5. The average Bonchev–Trinajstić information content (AvgIpc) is 3.01. The monoisotopic (exact) mass is 718 g/mol. The first kappa shape index (κ1) is 29.4. The SMILES string of the molecule is COc1cc(OC)cc(-c2cc[c-]c(-c3nccc4ccccc34)c2)c1.Cc1cccnc1-c1ncccc1[O-].[Ir]. The molecule has 0 spiro atoms. The van der Waals surface area contributed by atoms with E-state index in [9.17, 15) is 5.11 Å². The Labute approximate surface area is 253 Å². The van der Waals surface area contributed by atoms with Gasteiger partial charge in [0.25, 0.3) is 0 Å². The molecule has 0 amide bonds. The van der Waals surface area contributed by atoms with Gasteiger partial charge in [0.15, 0.2) is 0 Å².